The largest absolute Gasteiger partial charge is 0.276 e. The highest BCUT2D eigenvalue weighted by Crippen LogP contribution is 1.87. The third-order valence-electron chi connectivity index (χ3n) is 0.401. The third kappa shape index (κ3) is 6.16. The number of hydrogen-bond acceptors (Lipinski definition) is 1. The quantitative estimate of drug-likeness (QED) is 0.335. The molecule has 0 aliphatic rings. The van der Waals surface area contributed by atoms with Crippen molar-refractivity contribution in [1.29, 1.82) is 0 Å². The van der Waals surface area contributed by atoms with E-state index in [2.05, 4.69) is 18.6 Å². The predicted octanol–water partition coefficient (Wildman–Crippen LogP) is 1.32. The van der Waals surface area contributed by atoms with Crippen molar-refractivity contribution in [2.75, 3.05) is 13.6 Å². The summed E-state index contributed by atoms with van der Waals surface area (Å²) in [6.45, 7) is 3.08. The molecule has 0 aromatic heterocycles. The number of hydrogen-bond donors (Lipinski definition) is 1. The minimum Gasteiger partial charge on any atom is -0.276 e. The maximum Gasteiger partial charge on any atom is 0.116 e. The summed E-state index contributed by atoms with van der Waals surface area (Å²) in [6, 6.07) is 0. The monoisotopic (exact) mass is 227 g/mol. The number of rotatable bonds is 3. The Morgan fingerprint density at radius 3 is 3.00 bits per heavy atom. The van der Waals surface area contributed by atoms with E-state index in [-0.39, 0.29) is 21.3 Å². The van der Waals surface area contributed by atoms with E-state index in [1.165, 1.54) is 0 Å². The standard InChI is InChI=1S/C4H10IN3/c1-3-7-5-8-4-6-2/h4H,3H2,1-2H3,(H,6,7,8). The van der Waals surface area contributed by atoms with Crippen molar-refractivity contribution in [3.8, 4) is 0 Å². The maximum atomic E-state index is 3.99. The van der Waals surface area contributed by atoms with Gasteiger partial charge in [0.2, 0.25) is 0 Å². The van der Waals surface area contributed by atoms with Gasteiger partial charge in [-0.15, -0.1) is 0 Å². The molecule has 0 spiro atoms. The first kappa shape index (κ1) is 8.16. The van der Waals surface area contributed by atoms with Crippen molar-refractivity contribution in [2.24, 2.45) is 8.14 Å². The van der Waals surface area contributed by atoms with Crippen molar-refractivity contribution < 1.29 is 0 Å². The summed E-state index contributed by atoms with van der Waals surface area (Å²) in [4.78, 5) is 3.70. The molecule has 0 unspecified atom stereocenters. The summed E-state index contributed by atoms with van der Waals surface area (Å²) in [7, 11) is 1.72. The molecule has 8 heavy (non-hydrogen) atoms. The minimum absolute atomic E-state index is 0.156. The molecule has 0 aromatic carbocycles. The van der Waals surface area contributed by atoms with Crippen LogP contribution >= 0.6 is 21.3 Å². The highest BCUT2D eigenvalue weighted by molar-refractivity contribution is 14.1. The summed E-state index contributed by atoms with van der Waals surface area (Å²) >= 11 is -0.156. The second-order valence-electron chi connectivity index (χ2n) is 1.04. The molecule has 0 rings (SSSR count). The third-order valence-corrected chi connectivity index (χ3v) is 2.03. The Labute approximate surface area is 60.1 Å². The molecule has 0 heterocycles. The lowest BCUT2D eigenvalue weighted by molar-refractivity contribution is 1.07. The van der Waals surface area contributed by atoms with Crippen molar-refractivity contribution in [2.45, 2.75) is 6.92 Å². The first-order chi connectivity index (χ1) is 3.91. The van der Waals surface area contributed by atoms with Crippen LogP contribution in [0.5, 0.6) is 0 Å². The Balaban J connectivity index is 3.07. The molecule has 0 aliphatic heterocycles. The fourth-order valence-electron chi connectivity index (χ4n) is 0.160. The molecule has 0 aliphatic carbocycles. The lowest BCUT2D eigenvalue weighted by Crippen LogP contribution is -1.93. The Morgan fingerprint density at radius 1 is 1.75 bits per heavy atom. The van der Waals surface area contributed by atoms with Crippen LogP contribution in [0.4, 0.5) is 0 Å². The Morgan fingerprint density at radius 2 is 2.50 bits per heavy atom. The zero-order valence-electron chi connectivity index (χ0n) is 5.06. The molecule has 48 valence electrons. The van der Waals surface area contributed by atoms with Gasteiger partial charge in [-0.05, 0) is 0 Å². The number of aliphatic imine (C=N–C) groups is 1. The molecule has 0 fully saturated rings. The van der Waals surface area contributed by atoms with Crippen LogP contribution in [0.15, 0.2) is 8.14 Å². The first-order valence-corrected chi connectivity index (χ1v) is 4.43. The van der Waals surface area contributed by atoms with Crippen LogP contribution in [-0.4, -0.2) is 19.9 Å². The van der Waals surface area contributed by atoms with E-state index in [0.29, 0.717) is 0 Å². The summed E-state index contributed by atoms with van der Waals surface area (Å²) in [5.74, 6) is 0. The number of nitrogens with zero attached hydrogens (tertiary/aromatic N) is 2. The van der Waals surface area contributed by atoms with Crippen LogP contribution in [0, 0.1) is 0 Å². The van der Waals surface area contributed by atoms with Gasteiger partial charge in [0.05, 0.1) is 21.3 Å². The van der Waals surface area contributed by atoms with Crippen molar-refractivity contribution in [1.82, 2.24) is 3.53 Å². The predicted molar refractivity (Wildman–Crippen MR) is 44.5 cm³/mol. The Bertz CT molecular complexity index is 89.3. The molecule has 0 aromatic rings. The summed E-state index contributed by atoms with van der Waals surface area (Å²) in [5, 5.41) is 0. The molecule has 0 saturated carbocycles. The average molecular weight is 227 g/mol. The van der Waals surface area contributed by atoms with Crippen LogP contribution in [0.25, 0.3) is 0 Å². The Kier molecular flexibility index (Phi) is 7.30. The fraction of sp³-hybridized carbons (Fsp3) is 0.750. The second kappa shape index (κ2) is 7.16. The molecule has 4 heteroatoms. The molecule has 0 amide bonds. The number of nitrogens with one attached hydrogen (secondary N) is 1. The molecule has 0 atom stereocenters. The minimum atomic E-state index is -0.156. The van der Waals surface area contributed by atoms with E-state index in [0.717, 1.165) is 6.54 Å². The van der Waals surface area contributed by atoms with Crippen molar-refractivity contribution in [3.63, 3.8) is 0 Å². The van der Waals surface area contributed by atoms with Gasteiger partial charge in [0.15, 0.2) is 0 Å². The van der Waals surface area contributed by atoms with Crippen molar-refractivity contribution >= 4 is 27.6 Å². The number of halogens is 1. The van der Waals surface area contributed by atoms with Gasteiger partial charge in [0, 0.05) is 13.6 Å². The molecule has 3 nitrogen and oxygen atoms in total. The lowest BCUT2D eigenvalue weighted by atomic mass is 10.8. The van der Waals surface area contributed by atoms with Crippen LogP contribution in [0.3, 0.4) is 0 Å². The van der Waals surface area contributed by atoms with Crippen LogP contribution < -0.4 is 3.53 Å². The topological polar surface area (TPSA) is 36.8 Å². The highest BCUT2D eigenvalue weighted by Gasteiger charge is 1.65. The van der Waals surface area contributed by atoms with E-state index >= 15 is 0 Å². The van der Waals surface area contributed by atoms with Gasteiger partial charge in [-0.25, -0.2) is 0 Å². The van der Waals surface area contributed by atoms with Gasteiger partial charge in [0.25, 0.3) is 0 Å². The first-order valence-electron chi connectivity index (χ1n) is 2.38. The highest BCUT2D eigenvalue weighted by atomic mass is 127. The average Bonchev–Trinajstić information content (AvgIpc) is 1.81. The lowest BCUT2D eigenvalue weighted by Gasteiger charge is -1.81. The van der Waals surface area contributed by atoms with Gasteiger partial charge in [-0.2, -0.15) is 3.15 Å². The van der Waals surface area contributed by atoms with E-state index < -0.39 is 0 Å². The zero-order chi connectivity index (χ0) is 6.24. The second-order valence-corrected chi connectivity index (χ2v) is 2.85. The normalized spacial score (nSPS) is 12.8. The van der Waals surface area contributed by atoms with Gasteiger partial charge in [0.1, 0.15) is 6.34 Å². The van der Waals surface area contributed by atoms with E-state index in [4.69, 9.17) is 0 Å². The molecule has 0 bridgehead atoms. The SMILES string of the molecule is CCNI=NC=NC. The molecule has 0 radical (unpaired) electrons. The van der Waals surface area contributed by atoms with E-state index in [1.807, 2.05) is 0 Å². The van der Waals surface area contributed by atoms with Gasteiger partial charge in [-0.1, -0.05) is 6.92 Å². The van der Waals surface area contributed by atoms with Gasteiger partial charge >= 0.3 is 0 Å². The van der Waals surface area contributed by atoms with Gasteiger partial charge < -0.3 is 0 Å². The summed E-state index contributed by atoms with van der Waals surface area (Å²) < 4.78 is 7.12. The zero-order valence-corrected chi connectivity index (χ0v) is 7.21. The van der Waals surface area contributed by atoms with Crippen LogP contribution in [0.2, 0.25) is 0 Å². The van der Waals surface area contributed by atoms with Crippen LogP contribution in [-0.2, 0) is 0 Å². The van der Waals surface area contributed by atoms with Crippen molar-refractivity contribution in [3.05, 3.63) is 0 Å². The van der Waals surface area contributed by atoms with E-state index in [9.17, 15) is 0 Å². The maximum absolute atomic E-state index is 3.99. The fourth-order valence-corrected chi connectivity index (χ4v) is 1.07. The van der Waals surface area contributed by atoms with E-state index in [1.54, 1.807) is 13.4 Å². The molecular weight excluding hydrogens is 217 g/mol. The summed E-state index contributed by atoms with van der Waals surface area (Å²) in [5.41, 5.74) is 0. The Hall–Kier alpha value is 0.160. The molecular formula is C4H10IN3. The van der Waals surface area contributed by atoms with Crippen LogP contribution in [0.1, 0.15) is 6.92 Å². The molecule has 0 saturated heterocycles. The summed E-state index contributed by atoms with van der Waals surface area (Å²) in [6.07, 6.45) is 1.59. The smallest absolute Gasteiger partial charge is 0.116 e. The van der Waals surface area contributed by atoms with Gasteiger partial charge in [-0.3, -0.25) is 8.52 Å². The molecule has 1 N–H and O–H groups in total.